The van der Waals surface area contributed by atoms with Crippen LogP contribution in [0.15, 0.2) is 39.7 Å². The third-order valence-corrected chi connectivity index (χ3v) is 5.62. The van der Waals surface area contributed by atoms with Gasteiger partial charge < -0.3 is 8.98 Å². The van der Waals surface area contributed by atoms with E-state index in [0.29, 0.717) is 17.9 Å². The summed E-state index contributed by atoms with van der Waals surface area (Å²) in [4.78, 5) is 31.0. The molecule has 2 heterocycles. The Bertz CT molecular complexity index is 1110. The van der Waals surface area contributed by atoms with Crippen LogP contribution in [0.5, 0.6) is 0 Å². The van der Waals surface area contributed by atoms with E-state index in [-0.39, 0.29) is 34.4 Å². The van der Waals surface area contributed by atoms with Crippen molar-refractivity contribution in [3.8, 4) is 0 Å². The average Bonchev–Trinajstić information content (AvgIpc) is 3.17. The van der Waals surface area contributed by atoms with Gasteiger partial charge in [0, 0.05) is 22.7 Å². The highest BCUT2D eigenvalue weighted by Crippen LogP contribution is 2.24. The van der Waals surface area contributed by atoms with Crippen molar-refractivity contribution < 1.29 is 18.4 Å². The van der Waals surface area contributed by atoms with Gasteiger partial charge in [0.25, 0.3) is 11.5 Å². The fourth-order valence-corrected chi connectivity index (χ4v) is 3.43. The van der Waals surface area contributed by atoms with Gasteiger partial charge in [-0.2, -0.15) is 0 Å². The predicted molar refractivity (Wildman–Crippen MR) is 116 cm³/mol. The molecule has 1 amide bonds. The first-order valence-electron chi connectivity index (χ1n) is 9.28. The van der Waals surface area contributed by atoms with E-state index in [0.717, 1.165) is 9.99 Å². The summed E-state index contributed by atoms with van der Waals surface area (Å²) in [7, 11) is 1.56. The first-order chi connectivity index (χ1) is 13.8. The fraction of sp³-hybridized carbons (Fsp3) is 0.333. The summed E-state index contributed by atoms with van der Waals surface area (Å²) in [6, 6.07) is 6.35. The molecule has 0 spiro atoms. The second-order valence-corrected chi connectivity index (χ2v) is 8.26. The Morgan fingerprint density at radius 1 is 1.38 bits per heavy atom. The maximum Gasteiger partial charge on any atom is 0.280 e. The molecule has 1 atom stereocenters. The van der Waals surface area contributed by atoms with E-state index in [9.17, 15) is 14.0 Å². The van der Waals surface area contributed by atoms with Crippen molar-refractivity contribution >= 4 is 39.5 Å². The largest absolute Gasteiger partial charge is 0.463 e. The minimum Gasteiger partial charge on any atom is -0.463 e. The van der Waals surface area contributed by atoms with Crippen molar-refractivity contribution in [2.75, 3.05) is 6.61 Å². The molecular formula is C21H22FIN2O4. The summed E-state index contributed by atoms with van der Waals surface area (Å²) in [5, 5.41) is 0.284. The summed E-state index contributed by atoms with van der Waals surface area (Å²) in [5.41, 5.74) is 3.17. The molecule has 0 radical (unpaired) electrons. The lowest BCUT2D eigenvalue weighted by Gasteiger charge is -2.16. The first kappa shape index (κ1) is 21.5. The fourth-order valence-electron chi connectivity index (χ4n) is 2.98. The number of nitrogens with one attached hydrogen (secondary N) is 1. The number of amides is 1. The van der Waals surface area contributed by atoms with Crippen molar-refractivity contribution in [2.45, 2.75) is 26.7 Å². The smallest absolute Gasteiger partial charge is 0.280 e. The monoisotopic (exact) mass is 512 g/mol. The Kier molecular flexibility index (Phi) is 6.74. The zero-order valence-electron chi connectivity index (χ0n) is 16.4. The SMILES string of the molecule is CC[C@H](C)CONC(=O)c1c(Cc2ccc(I)cc2F)n(C)c(=O)c2ccoc12. The van der Waals surface area contributed by atoms with Crippen LogP contribution in [0, 0.1) is 15.3 Å². The second kappa shape index (κ2) is 9.08. The topological polar surface area (TPSA) is 73.5 Å². The van der Waals surface area contributed by atoms with Gasteiger partial charge in [-0.15, -0.1) is 0 Å². The summed E-state index contributed by atoms with van der Waals surface area (Å²) in [6.45, 7) is 4.40. The summed E-state index contributed by atoms with van der Waals surface area (Å²) >= 11 is 2.03. The molecule has 6 nitrogen and oxygen atoms in total. The van der Waals surface area contributed by atoms with Crippen LogP contribution < -0.4 is 11.0 Å². The van der Waals surface area contributed by atoms with Crippen molar-refractivity contribution in [1.82, 2.24) is 10.0 Å². The van der Waals surface area contributed by atoms with Gasteiger partial charge in [0.1, 0.15) is 11.4 Å². The highest BCUT2D eigenvalue weighted by atomic mass is 127. The van der Waals surface area contributed by atoms with Crippen LogP contribution in [0.3, 0.4) is 0 Å². The van der Waals surface area contributed by atoms with E-state index in [1.165, 1.54) is 23.0 Å². The number of aromatic nitrogens is 1. The number of furan rings is 1. The molecule has 0 aliphatic rings. The van der Waals surface area contributed by atoms with E-state index in [1.54, 1.807) is 19.2 Å². The number of fused-ring (bicyclic) bond motifs is 1. The molecule has 154 valence electrons. The number of carbonyl (C=O) groups is 1. The molecule has 0 unspecified atom stereocenters. The van der Waals surface area contributed by atoms with Crippen molar-refractivity contribution in [1.29, 1.82) is 0 Å². The molecule has 0 saturated heterocycles. The lowest BCUT2D eigenvalue weighted by molar-refractivity contribution is 0.0181. The van der Waals surface area contributed by atoms with Gasteiger partial charge in [0.05, 0.1) is 18.3 Å². The number of hydrogen-bond donors (Lipinski definition) is 1. The number of rotatable bonds is 7. The molecule has 0 fully saturated rings. The molecule has 0 saturated carbocycles. The third-order valence-electron chi connectivity index (χ3n) is 4.95. The molecule has 0 aliphatic carbocycles. The number of hydrogen-bond acceptors (Lipinski definition) is 4. The van der Waals surface area contributed by atoms with Gasteiger partial charge in [-0.3, -0.25) is 14.4 Å². The number of halogens is 2. The van der Waals surface area contributed by atoms with Gasteiger partial charge in [-0.25, -0.2) is 9.87 Å². The molecule has 1 N–H and O–H groups in total. The van der Waals surface area contributed by atoms with E-state index in [2.05, 4.69) is 5.48 Å². The van der Waals surface area contributed by atoms with Crippen molar-refractivity contribution in [3.05, 3.63) is 67.1 Å². The average molecular weight is 512 g/mol. The Balaban J connectivity index is 2.05. The number of benzene rings is 1. The molecule has 3 aromatic rings. The normalized spacial score (nSPS) is 12.3. The lowest BCUT2D eigenvalue weighted by Crippen LogP contribution is -2.31. The number of nitrogens with zero attached hydrogens (tertiary/aromatic N) is 1. The number of hydroxylamine groups is 1. The summed E-state index contributed by atoms with van der Waals surface area (Å²) in [5.74, 6) is -0.660. The van der Waals surface area contributed by atoms with E-state index in [4.69, 9.17) is 9.25 Å². The van der Waals surface area contributed by atoms with Gasteiger partial charge in [0.15, 0.2) is 5.58 Å². The highest BCUT2D eigenvalue weighted by Gasteiger charge is 2.24. The highest BCUT2D eigenvalue weighted by molar-refractivity contribution is 14.1. The number of pyridine rings is 1. The van der Waals surface area contributed by atoms with Gasteiger partial charge >= 0.3 is 0 Å². The Morgan fingerprint density at radius 2 is 2.14 bits per heavy atom. The predicted octanol–water partition coefficient (Wildman–Crippen LogP) is 4.17. The van der Waals surface area contributed by atoms with Gasteiger partial charge in [0.2, 0.25) is 0 Å². The quantitative estimate of drug-likeness (QED) is 0.381. The third kappa shape index (κ3) is 4.53. The Labute approximate surface area is 181 Å². The van der Waals surface area contributed by atoms with Crippen LogP contribution >= 0.6 is 22.6 Å². The van der Waals surface area contributed by atoms with E-state index >= 15 is 0 Å². The summed E-state index contributed by atoms with van der Waals surface area (Å²) in [6.07, 6.45) is 2.33. The zero-order valence-corrected chi connectivity index (χ0v) is 18.6. The van der Waals surface area contributed by atoms with Crippen LogP contribution in [0.25, 0.3) is 11.0 Å². The molecule has 29 heavy (non-hydrogen) atoms. The van der Waals surface area contributed by atoms with Gasteiger partial charge in [-0.1, -0.05) is 26.3 Å². The van der Waals surface area contributed by atoms with Crippen LogP contribution in [-0.4, -0.2) is 17.1 Å². The Morgan fingerprint density at radius 3 is 2.83 bits per heavy atom. The molecule has 3 rings (SSSR count). The Hall–Kier alpha value is -2.20. The molecule has 0 aliphatic heterocycles. The molecule has 1 aromatic carbocycles. The first-order valence-corrected chi connectivity index (χ1v) is 10.4. The lowest BCUT2D eigenvalue weighted by atomic mass is 10.0. The second-order valence-electron chi connectivity index (χ2n) is 7.02. The molecule has 8 heteroatoms. The maximum absolute atomic E-state index is 14.4. The van der Waals surface area contributed by atoms with Crippen molar-refractivity contribution in [2.24, 2.45) is 13.0 Å². The van der Waals surface area contributed by atoms with Gasteiger partial charge in [-0.05, 0) is 52.3 Å². The molecular weight excluding hydrogens is 490 g/mol. The van der Waals surface area contributed by atoms with Crippen LogP contribution in [0.2, 0.25) is 0 Å². The zero-order chi connectivity index (χ0) is 21.1. The summed E-state index contributed by atoms with van der Waals surface area (Å²) < 4.78 is 22.0. The van der Waals surface area contributed by atoms with E-state index in [1.807, 2.05) is 36.4 Å². The van der Waals surface area contributed by atoms with Crippen molar-refractivity contribution in [3.63, 3.8) is 0 Å². The molecule has 0 bridgehead atoms. The van der Waals surface area contributed by atoms with Crippen LogP contribution in [-0.2, 0) is 18.3 Å². The van der Waals surface area contributed by atoms with E-state index < -0.39 is 11.7 Å². The minimum absolute atomic E-state index is 0.0548. The number of carbonyl (C=O) groups excluding carboxylic acids is 1. The molecule has 2 aromatic heterocycles. The van der Waals surface area contributed by atoms with Crippen LogP contribution in [0.4, 0.5) is 4.39 Å². The standard InChI is InChI=1S/C21H22FIN2O4/c1-4-12(2)11-29-24-20(26)18-17(9-13-5-6-14(23)10-16(13)22)25(3)21(27)15-7-8-28-19(15)18/h5-8,10,12H,4,9,11H2,1-3H3,(H,24,26)/t12-/m0/s1. The minimum atomic E-state index is -0.537. The van der Waals surface area contributed by atoms with Crippen LogP contribution in [0.1, 0.15) is 41.9 Å². The maximum atomic E-state index is 14.4.